The van der Waals surface area contributed by atoms with Gasteiger partial charge in [-0.3, -0.25) is 0 Å². The molecule has 0 saturated heterocycles. The standard InChI is InChI=1S/C14H24O2/c1-11(15)5-8-14(16)9-6-12(7-10-14)13(2,3)4/h11-12,15-16H,6-7,9-10H2,1-4H3. The molecule has 0 aromatic rings. The molecular formula is C14H24O2. The van der Waals surface area contributed by atoms with Crippen molar-refractivity contribution in [2.24, 2.45) is 11.3 Å². The molecule has 1 aliphatic carbocycles. The lowest BCUT2D eigenvalue weighted by molar-refractivity contribution is 0.0209. The SMILES string of the molecule is CC(O)C#CC1(O)CCC(C(C)(C)C)CC1. The first-order valence-electron chi connectivity index (χ1n) is 6.16. The molecule has 2 nitrogen and oxygen atoms in total. The molecule has 1 rings (SSSR count). The summed E-state index contributed by atoms with van der Waals surface area (Å²) in [6, 6.07) is 0. The Hall–Kier alpha value is -0.520. The normalized spacial score (nSPS) is 32.8. The summed E-state index contributed by atoms with van der Waals surface area (Å²) >= 11 is 0. The van der Waals surface area contributed by atoms with Crippen LogP contribution >= 0.6 is 0 Å². The van der Waals surface area contributed by atoms with Crippen molar-refractivity contribution in [3.05, 3.63) is 0 Å². The predicted molar refractivity (Wildman–Crippen MR) is 65.8 cm³/mol. The van der Waals surface area contributed by atoms with Gasteiger partial charge in [-0.15, -0.1) is 0 Å². The van der Waals surface area contributed by atoms with E-state index in [4.69, 9.17) is 5.11 Å². The van der Waals surface area contributed by atoms with Crippen LogP contribution in [0.3, 0.4) is 0 Å². The Morgan fingerprint density at radius 3 is 2.12 bits per heavy atom. The number of hydrogen-bond donors (Lipinski definition) is 2. The molecule has 1 aliphatic rings. The van der Waals surface area contributed by atoms with E-state index in [2.05, 4.69) is 32.6 Å². The molecule has 0 aliphatic heterocycles. The summed E-state index contributed by atoms with van der Waals surface area (Å²) in [4.78, 5) is 0. The van der Waals surface area contributed by atoms with Crippen LogP contribution in [0.1, 0.15) is 53.4 Å². The van der Waals surface area contributed by atoms with Crippen molar-refractivity contribution in [3.63, 3.8) is 0 Å². The predicted octanol–water partition coefficient (Wildman–Crippen LogP) is 2.34. The Bertz CT molecular complexity index is 280. The molecule has 0 bridgehead atoms. The van der Waals surface area contributed by atoms with E-state index in [0.717, 1.165) is 25.7 Å². The molecule has 2 heteroatoms. The fourth-order valence-corrected chi connectivity index (χ4v) is 2.33. The average Bonchev–Trinajstić information content (AvgIpc) is 2.14. The first-order chi connectivity index (χ1) is 7.23. The number of rotatable bonds is 0. The molecule has 1 unspecified atom stereocenters. The lowest BCUT2D eigenvalue weighted by Gasteiger charge is -2.39. The molecule has 0 amide bonds. The Kier molecular flexibility index (Phi) is 4.04. The van der Waals surface area contributed by atoms with Crippen molar-refractivity contribution in [2.45, 2.75) is 65.1 Å². The molecule has 16 heavy (non-hydrogen) atoms. The molecule has 0 heterocycles. The van der Waals surface area contributed by atoms with Gasteiger partial charge >= 0.3 is 0 Å². The number of aliphatic hydroxyl groups excluding tert-OH is 1. The Morgan fingerprint density at radius 2 is 1.75 bits per heavy atom. The van der Waals surface area contributed by atoms with Crippen LogP contribution in [-0.4, -0.2) is 21.9 Å². The summed E-state index contributed by atoms with van der Waals surface area (Å²) in [7, 11) is 0. The smallest absolute Gasteiger partial charge is 0.125 e. The van der Waals surface area contributed by atoms with Gasteiger partial charge in [-0.05, 0) is 43.9 Å². The summed E-state index contributed by atoms with van der Waals surface area (Å²) < 4.78 is 0. The van der Waals surface area contributed by atoms with E-state index in [1.54, 1.807) is 6.92 Å². The van der Waals surface area contributed by atoms with Crippen LogP contribution in [-0.2, 0) is 0 Å². The van der Waals surface area contributed by atoms with Crippen molar-refractivity contribution in [1.82, 2.24) is 0 Å². The number of aliphatic hydroxyl groups is 2. The molecular weight excluding hydrogens is 200 g/mol. The Balaban J connectivity index is 2.58. The van der Waals surface area contributed by atoms with Crippen molar-refractivity contribution in [2.75, 3.05) is 0 Å². The maximum Gasteiger partial charge on any atom is 0.125 e. The summed E-state index contributed by atoms with van der Waals surface area (Å²) in [5.41, 5.74) is -0.544. The van der Waals surface area contributed by atoms with Gasteiger partial charge in [0.2, 0.25) is 0 Å². The molecule has 0 spiro atoms. The van der Waals surface area contributed by atoms with E-state index < -0.39 is 11.7 Å². The van der Waals surface area contributed by atoms with E-state index in [9.17, 15) is 5.11 Å². The molecule has 0 aromatic carbocycles. The summed E-state index contributed by atoms with van der Waals surface area (Å²) in [5.74, 6) is 6.16. The van der Waals surface area contributed by atoms with E-state index in [0.29, 0.717) is 11.3 Å². The Labute approximate surface area is 99.1 Å². The molecule has 1 fully saturated rings. The van der Waals surface area contributed by atoms with Gasteiger partial charge in [0.25, 0.3) is 0 Å². The van der Waals surface area contributed by atoms with Gasteiger partial charge in [0, 0.05) is 0 Å². The van der Waals surface area contributed by atoms with Gasteiger partial charge < -0.3 is 10.2 Å². The van der Waals surface area contributed by atoms with Crippen LogP contribution in [0, 0.1) is 23.2 Å². The third-order valence-electron chi connectivity index (χ3n) is 3.55. The van der Waals surface area contributed by atoms with Gasteiger partial charge in [0.05, 0.1) is 0 Å². The third-order valence-corrected chi connectivity index (χ3v) is 3.55. The molecule has 92 valence electrons. The fraction of sp³-hybridized carbons (Fsp3) is 0.857. The first-order valence-corrected chi connectivity index (χ1v) is 6.16. The minimum absolute atomic E-state index is 0.318. The second kappa shape index (κ2) is 4.77. The maximum atomic E-state index is 10.2. The highest BCUT2D eigenvalue weighted by Gasteiger charge is 2.36. The third kappa shape index (κ3) is 3.81. The topological polar surface area (TPSA) is 40.5 Å². The molecule has 1 atom stereocenters. The number of hydrogen-bond acceptors (Lipinski definition) is 2. The quantitative estimate of drug-likeness (QED) is 0.620. The molecule has 0 radical (unpaired) electrons. The lowest BCUT2D eigenvalue weighted by atomic mass is 9.68. The summed E-state index contributed by atoms with van der Waals surface area (Å²) in [6.45, 7) is 8.38. The van der Waals surface area contributed by atoms with Crippen LogP contribution in [0.5, 0.6) is 0 Å². The van der Waals surface area contributed by atoms with E-state index in [-0.39, 0.29) is 0 Å². The molecule has 2 N–H and O–H groups in total. The van der Waals surface area contributed by atoms with Gasteiger partial charge in [0.1, 0.15) is 11.7 Å². The van der Waals surface area contributed by atoms with Gasteiger partial charge in [0.15, 0.2) is 0 Å². The lowest BCUT2D eigenvalue weighted by Crippen LogP contribution is -2.36. The summed E-state index contributed by atoms with van der Waals surface area (Å²) in [6.07, 6.45) is 2.86. The van der Waals surface area contributed by atoms with Gasteiger partial charge in [-0.25, -0.2) is 0 Å². The van der Waals surface area contributed by atoms with Crippen molar-refractivity contribution in [1.29, 1.82) is 0 Å². The molecule has 0 aromatic heterocycles. The second-order valence-electron chi connectivity index (χ2n) is 6.12. The summed E-state index contributed by atoms with van der Waals surface area (Å²) in [5, 5.41) is 19.3. The molecule has 1 saturated carbocycles. The monoisotopic (exact) mass is 224 g/mol. The minimum Gasteiger partial charge on any atom is -0.381 e. The Morgan fingerprint density at radius 1 is 1.25 bits per heavy atom. The second-order valence-corrected chi connectivity index (χ2v) is 6.12. The van der Waals surface area contributed by atoms with Gasteiger partial charge in [-0.1, -0.05) is 32.6 Å². The van der Waals surface area contributed by atoms with Crippen LogP contribution < -0.4 is 0 Å². The highest BCUT2D eigenvalue weighted by atomic mass is 16.3. The van der Waals surface area contributed by atoms with Gasteiger partial charge in [-0.2, -0.15) is 0 Å². The zero-order valence-corrected chi connectivity index (χ0v) is 10.9. The van der Waals surface area contributed by atoms with Crippen LogP contribution in [0.15, 0.2) is 0 Å². The maximum absolute atomic E-state index is 10.2. The fourth-order valence-electron chi connectivity index (χ4n) is 2.33. The van der Waals surface area contributed by atoms with Crippen LogP contribution in [0.2, 0.25) is 0 Å². The zero-order valence-electron chi connectivity index (χ0n) is 10.9. The van der Waals surface area contributed by atoms with E-state index in [1.807, 2.05) is 0 Å². The van der Waals surface area contributed by atoms with Crippen molar-refractivity contribution >= 4 is 0 Å². The van der Waals surface area contributed by atoms with Crippen molar-refractivity contribution in [3.8, 4) is 11.8 Å². The van der Waals surface area contributed by atoms with E-state index >= 15 is 0 Å². The van der Waals surface area contributed by atoms with Crippen LogP contribution in [0.25, 0.3) is 0 Å². The van der Waals surface area contributed by atoms with Crippen LogP contribution in [0.4, 0.5) is 0 Å². The highest BCUT2D eigenvalue weighted by Crippen LogP contribution is 2.41. The van der Waals surface area contributed by atoms with E-state index in [1.165, 1.54) is 0 Å². The largest absolute Gasteiger partial charge is 0.381 e. The van der Waals surface area contributed by atoms with Crippen molar-refractivity contribution < 1.29 is 10.2 Å². The average molecular weight is 224 g/mol. The highest BCUT2D eigenvalue weighted by molar-refractivity contribution is 5.17. The first kappa shape index (κ1) is 13.5. The zero-order chi connectivity index (χ0) is 12.4. The minimum atomic E-state index is -0.862.